The molecule has 1 atom stereocenters. The molecular weight excluding hydrogens is 411 g/mol. The number of amides is 1. The highest BCUT2D eigenvalue weighted by Gasteiger charge is 2.19. The molecule has 6 nitrogen and oxygen atoms in total. The molecule has 1 aromatic carbocycles. The number of nitrogens with two attached hydrogens (primary N) is 1. The van der Waals surface area contributed by atoms with Crippen molar-refractivity contribution in [1.29, 1.82) is 0 Å². The van der Waals surface area contributed by atoms with Gasteiger partial charge in [-0.1, -0.05) is 36.2 Å². The van der Waals surface area contributed by atoms with Crippen LogP contribution in [-0.2, 0) is 16.1 Å². The number of halogens is 2. The molecule has 8 heteroatoms. The van der Waals surface area contributed by atoms with E-state index < -0.39 is 0 Å². The van der Waals surface area contributed by atoms with Crippen LogP contribution in [0.4, 0.5) is 0 Å². The first kappa shape index (κ1) is 23.3. The quantitative estimate of drug-likeness (QED) is 0.511. The fourth-order valence-electron chi connectivity index (χ4n) is 2.80. The summed E-state index contributed by atoms with van der Waals surface area (Å²) in [6.07, 6.45) is 5.01. The number of rotatable bonds is 9. The van der Waals surface area contributed by atoms with E-state index in [9.17, 15) is 4.79 Å². The smallest absolute Gasteiger partial charge is 0.275 e. The van der Waals surface area contributed by atoms with Crippen molar-refractivity contribution < 1.29 is 9.53 Å². The van der Waals surface area contributed by atoms with E-state index in [2.05, 4.69) is 15.6 Å². The maximum absolute atomic E-state index is 12.9. The lowest BCUT2D eigenvalue weighted by Gasteiger charge is -2.15. The van der Waals surface area contributed by atoms with E-state index in [-0.39, 0.29) is 5.91 Å². The van der Waals surface area contributed by atoms with Gasteiger partial charge in [-0.15, -0.1) is 0 Å². The Morgan fingerprint density at radius 3 is 2.79 bits per heavy atom. The van der Waals surface area contributed by atoms with E-state index in [1.165, 1.54) is 6.20 Å². The molecule has 1 fully saturated rings. The van der Waals surface area contributed by atoms with Crippen molar-refractivity contribution in [1.82, 2.24) is 10.6 Å². The molecule has 1 heterocycles. The maximum Gasteiger partial charge on any atom is 0.275 e. The van der Waals surface area contributed by atoms with E-state index in [0.717, 1.165) is 25.0 Å². The molecule has 0 bridgehead atoms. The van der Waals surface area contributed by atoms with Gasteiger partial charge in [-0.3, -0.25) is 9.79 Å². The normalized spacial score (nSPS) is 18.1. The molecule has 1 aliphatic heterocycles. The summed E-state index contributed by atoms with van der Waals surface area (Å²) in [5.41, 5.74) is 7.55. The van der Waals surface area contributed by atoms with Gasteiger partial charge in [0.15, 0.2) is 0 Å². The maximum atomic E-state index is 12.9. The molecule has 0 spiro atoms. The van der Waals surface area contributed by atoms with E-state index in [4.69, 9.17) is 33.7 Å². The van der Waals surface area contributed by atoms with Crippen LogP contribution in [0.1, 0.15) is 32.3 Å². The molecule has 1 unspecified atom stereocenters. The molecule has 1 amide bonds. The van der Waals surface area contributed by atoms with E-state index in [0.29, 0.717) is 52.8 Å². The molecular formula is C21H28Cl2N4O2. The molecule has 29 heavy (non-hydrogen) atoms. The molecule has 1 aliphatic rings. The Bertz CT molecular complexity index is 800. The average molecular weight is 439 g/mol. The second-order valence-corrected chi connectivity index (χ2v) is 7.67. The molecule has 0 radical (unpaired) electrons. The fourth-order valence-corrected chi connectivity index (χ4v) is 3.12. The first-order valence-corrected chi connectivity index (χ1v) is 10.4. The number of ether oxygens (including phenoxy) is 1. The summed E-state index contributed by atoms with van der Waals surface area (Å²) in [6.45, 7) is 6.21. The zero-order valence-electron chi connectivity index (χ0n) is 16.8. The summed E-state index contributed by atoms with van der Waals surface area (Å²) < 4.78 is 5.38. The van der Waals surface area contributed by atoms with Crippen molar-refractivity contribution in [2.75, 3.05) is 19.8 Å². The zero-order valence-corrected chi connectivity index (χ0v) is 18.3. The SMILES string of the molecule is CC/C=C(\NCc1ccc(Cl)c(Cl)c1)NC(=O)C(=NCC1CCOC1)C(C)=CN. The van der Waals surface area contributed by atoms with Gasteiger partial charge in [-0.05, 0) is 55.3 Å². The van der Waals surface area contributed by atoms with Gasteiger partial charge in [0.25, 0.3) is 5.91 Å². The summed E-state index contributed by atoms with van der Waals surface area (Å²) in [4.78, 5) is 17.4. The molecule has 0 aliphatic carbocycles. The van der Waals surface area contributed by atoms with Crippen molar-refractivity contribution in [3.05, 3.63) is 57.5 Å². The summed E-state index contributed by atoms with van der Waals surface area (Å²) in [6, 6.07) is 5.42. The molecule has 0 saturated carbocycles. The standard InChI is InChI=1S/C21H28Cl2N4O2/c1-3-4-19(25-11-15-5-6-17(22)18(23)9-15)27-21(28)20(14(2)10-24)26-12-16-7-8-29-13-16/h4-6,9-10,16,25H,3,7-8,11-13,24H2,1-2H3,(H,27,28)/b14-10?,19-4+,26-20?. The Hall–Kier alpha value is -2.02. The molecule has 1 aromatic rings. The van der Waals surface area contributed by atoms with Gasteiger partial charge in [0.2, 0.25) is 0 Å². The van der Waals surface area contributed by atoms with Gasteiger partial charge in [-0.2, -0.15) is 0 Å². The van der Waals surface area contributed by atoms with Gasteiger partial charge in [0, 0.05) is 25.6 Å². The minimum Gasteiger partial charge on any atom is -0.404 e. The summed E-state index contributed by atoms with van der Waals surface area (Å²) in [5, 5.41) is 7.12. The summed E-state index contributed by atoms with van der Waals surface area (Å²) in [5.74, 6) is 0.636. The van der Waals surface area contributed by atoms with Gasteiger partial charge >= 0.3 is 0 Å². The number of hydrogen-bond acceptors (Lipinski definition) is 5. The minimum absolute atomic E-state index is 0.301. The Balaban J connectivity index is 2.05. The highest BCUT2D eigenvalue weighted by Crippen LogP contribution is 2.22. The van der Waals surface area contributed by atoms with Crippen LogP contribution >= 0.6 is 23.2 Å². The Morgan fingerprint density at radius 2 is 2.17 bits per heavy atom. The molecule has 4 N–H and O–H groups in total. The highest BCUT2D eigenvalue weighted by molar-refractivity contribution is 6.45. The summed E-state index contributed by atoms with van der Waals surface area (Å²) in [7, 11) is 0. The molecule has 1 saturated heterocycles. The van der Waals surface area contributed by atoms with Gasteiger partial charge in [0.1, 0.15) is 11.5 Å². The van der Waals surface area contributed by atoms with Crippen molar-refractivity contribution >= 4 is 34.8 Å². The van der Waals surface area contributed by atoms with Crippen LogP contribution in [0, 0.1) is 5.92 Å². The van der Waals surface area contributed by atoms with Crippen LogP contribution in [-0.4, -0.2) is 31.4 Å². The van der Waals surface area contributed by atoms with Crippen molar-refractivity contribution in [3.63, 3.8) is 0 Å². The van der Waals surface area contributed by atoms with Crippen LogP contribution in [0.5, 0.6) is 0 Å². The van der Waals surface area contributed by atoms with Gasteiger partial charge in [-0.25, -0.2) is 0 Å². The molecule has 158 valence electrons. The predicted octanol–water partition coefficient (Wildman–Crippen LogP) is 3.79. The van der Waals surface area contributed by atoms with Crippen molar-refractivity contribution in [2.45, 2.75) is 33.2 Å². The number of hydrogen-bond donors (Lipinski definition) is 3. The minimum atomic E-state index is -0.301. The monoisotopic (exact) mass is 438 g/mol. The van der Waals surface area contributed by atoms with E-state index in [1.807, 2.05) is 19.1 Å². The lowest BCUT2D eigenvalue weighted by atomic mass is 10.1. The average Bonchev–Trinajstić information content (AvgIpc) is 3.22. The Labute approximate surface area is 182 Å². The lowest BCUT2D eigenvalue weighted by Crippen LogP contribution is -2.37. The molecule has 2 rings (SSSR count). The second-order valence-electron chi connectivity index (χ2n) is 6.85. The third kappa shape index (κ3) is 7.38. The van der Waals surface area contributed by atoms with Crippen molar-refractivity contribution in [3.8, 4) is 0 Å². The third-order valence-corrected chi connectivity index (χ3v) is 5.23. The summed E-state index contributed by atoms with van der Waals surface area (Å²) >= 11 is 12.0. The van der Waals surface area contributed by atoms with Crippen LogP contribution < -0.4 is 16.4 Å². The number of allylic oxidation sites excluding steroid dienone is 1. The predicted molar refractivity (Wildman–Crippen MR) is 119 cm³/mol. The number of carbonyl (C=O) groups excluding carboxylic acids is 1. The molecule has 0 aromatic heterocycles. The van der Waals surface area contributed by atoms with E-state index in [1.54, 1.807) is 19.1 Å². The number of aliphatic imine (C=N–C) groups is 1. The first-order chi connectivity index (χ1) is 13.9. The van der Waals surface area contributed by atoms with Crippen LogP contribution in [0.3, 0.4) is 0 Å². The Morgan fingerprint density at radius 1 is 1.38 bits per heavy atom. The van der Waals surface area contributed by atoms with Gasteiger partial charge < -0.3 is 21.1 Å². The number of carbonyl (C=O) groups is 1. The lowest BCUT2D eigenvalue weighted by molar-refractivity contribution is -0.114. The van der Waals surface area contributed by atoms with Crippen molar-refractivity contribution in [2.24, 2.45) is 16.6 Å². The highest BCUT2D eigenvalue weighted by atomic mass is 35.5. The fraction of sp³-hybridized carbons (Fsp3) is 0.429. The zero-order chi connectivity index (χ0) is 21.2. The number of benzene rings is 1. The van der Waals surface area contributed by atoms with Crippen LogP contribution in [0.2, 0.25) is 10.0 Å². The first-order valence-electron chi connectivity index (χ1n) is 9.65. The Kier molecular flexibility index (Phi) is 9.51. The second kappa shape index (κ2) is 11.9. The van der Waals surface area contributed by atoms with Crippen LogP contribution in [0.15, 0.2) is 46.9 Å². The van der Waals surface area contributed by atoms with Gasteiger partial charge in [0.05, 0.1) is 16.7 Å². The largest absolute Gasteiger partial charge is 0.404 e. The van der Waals surface area contributed by atoms with E-state index >= 15 is 0 Å². The number of nitrogens with one attached hydrogen (secondary N) is 2. The third-order valence-electron chi connectivity index (χ3n) is 4.49. The number of nitrogens with zero attached hydrogens (tertiary/aromatic N) is 1. The topological polar surface area (TPSA) is 88.7 Å². The van der Waals surface area contributed by atoms with Crippen LogP contribution in [0.25, 0.3) is 0 Å².